The molecular weight excluding hydrogens is 257 g/mol. The summed E-state index contributed by atoms with van der Waals surface area (Å²) in [4.78, 5) is 8.73. The van der Waals surface area contributed by atoms with Gasteiger partial charge in [0, 0.05) is 23.4 Å². The summed E-state index contributed by atoms with van der Waals surface area (Å²) in [6, 6.07) is 6.87. The smallest absolute Gasteiger partial charge is 0.223 e. The van der Waals surface area contributed by atoms with E-state index < -0.39 is 0 Å². The van der Waals surface area contributed by atoms with E-state index in [1.165, 1.54) is 6.07 Å². The van der Waals surface area contributed by atoms with Crippen molar-refractivity contribution in [2.75, 3.05) is 11.9 Å². The number of fused-ring (bicyclic) bond motifs is 1. The number of benzene rings is 1. The lowest BCUT2D eigenvalue weighted by atomic mass is 10.0. The first-order chi connectivity index (χ1) is 9.63. The van der Waals surface area contributed by atoms with Crippen LogP contribution in [-0.2, 0) is 0 Å². The zero-order valence-corrected chi connectivity index (χ0v) is 11.5. The number of nitrogens with one attached hydrogen (secondary N) is 1. The average Bonchev–Trinajstić information content (AvgIpc) is 2.39. The van der Waals surface area contributed by atoms with Crippen LogP contribution >= 0.6 is 0 Å². The lowest BCUT2D eigenvalue weighted by Gasteiger charge is -2.27. The topological polar surface area (TPSA) is 47.0 Å². The Morgan fingerprint density at radius 1 is 1.25 bits per heavy atom. The van der Waals surface area contributed by atoms with Crippen LogP contribution in [0.1, 0.15) is 29.4 Å². The van der Waals surface area contributed by atoms with E-state index in [1.807, 2.05) is 26.0 Å². The number of aromatic nitrogens is 2. The van der Waals surface area contributed by atoms with Gasteiger partial charge in [-0.1, -0.05) is 12.1 Å². The molecule has 0 radical (unpaired) electrons. The second kappa shape index (κ2) is 5.07. The molecule has 2 aromatic rings. The van der Waals surface area contributed by atoms with Crippen molar-refractivity contribution < 1.29 is 9.13 Å². The molecule has 1 atom stereocenters. The largest absolute Gasteiger partial charge is 0.490 e. The summed E-state index contributed by atoms with van der Waals surface area (Å²) in [5.74, 6) is 0.584. The fourth-order valence-corrected chi connectivity index (χ4v) is 2.48. The fraction of sp³-hybridized carbons (Fsp3) is 0.333. The van der Waals surface area contributed by atoms with E-state index in [1.54, 1.807) is 6.07 Å². The van der Waals surface area contributed by atoms with Gasteiger partial charge in [0.25, 0.3) is 0 Å². The standard InChI is InChI=1S/C15H16FN3O/c1-9-8-10(2)18-15(17-9)19-13-6-7-20-14-11(13)4-3-5-12(14)16/h3-5,8,13H,6-7H2,1-2H3,(H,17,18,19)/t13-/m0/s1. The van der Waals surface area contributed by atoms with E-state index in [4.69, 9.17) is 4.74 Å². The lowest BCUT2D eigenvalue weighted by molar-refractivity contribution is 0.260. The number of rotatable bonds is 2. The molecule has 104 valence electrons. The van der Waals surface area contributed by atoms with Gasteiger partial charge in [-0.05, 0) is 26.0 Å². The minimum absolute atomic E-state index is 0.0318. The summed E-state index contributed by atoms with van der Waals surface area (Å²) in [5.41, 5.74) is 2.64. The van der Waals surface area contributed by atoms with Gasteiger partial charge in [0.05, 0.1) is 12.6 Å². The van der Waals surface area contributed by atoms with Crippen molar-refractivity contribution in [1.29, 1.82) is 0 Å². The van der Waals surface area contributed by atoms with E-state index in [9.17, 15) is 4.39 Å². The Kier molecular flexibility index (Phi) is 3.26. The molecule has 1 aromatic carbocycles. The first-order valence-corrected chi connectivity index (χ1v) is 6.63. The fourth-order valence-electron chi connectivity index (χ4n) is 2.48. The zero-order chi connectivity index (χ0) is 14.1. The Morgan fingerprint density at radius 2 is 2.00 bits per heavy atom. The van der Waals surface area contributed by atoms with Crippen LogP contribution in [0, 0.1) is 19.7 Å². The van der Waals surface area contributed by atoms with Crippen LogP contribution in [0.15, 0.2) is 24.3 Å². The maximum Gasteiger partial charge on any atom is 0.223 e. The van der Waals surface area contributed by atoms with Gasteiger partial charge in [-0.25, -0.2) is 14.4 Å². The van der Waals surface area contributed by atoms with Crippen molar-refractivity contribution >= 4 is 5.95 Å². The van der Waals surface area contributed by atoms with Crippen LogP contribution in [-0.4, -0.2) is 16.6 Å². The highest BCUT2D eigenvalue weighted by molar-refractivity contribution is 5.43. The maximum atomic E-state index is 13.7. The Hall–Kier alpha value is -2.17. The third-order valence-electron chi connectivity index (χ3n) is 3.31. The van der Waals surface area contributed by atoms with Crippen molar-refractivity contribution in [2.24, 2.45) is 0 Å². The molecule has 0 saturated heterocycles. The highest BCUT2D eigenvalue weighted by Crippen LogP contribution is 2.35. The predicted molar refractivity (Wildman–Crippen MR) is 74.4 cm³/mol. The van der Waals surface area contributed by atoms with Gasteiger partial charge in [-0.3, -0.25) is 0 Å². The van der Waals surface area contributed by atoms with Crippen molar-refractivity contribution in [3.05, 3.63) is 47.0 Å². The molecule has 3 rings (SSSR count). The summed E-state index contributed by atoms with van der Waals surface area (Å²) >= 11 is 0. The van der Waals surface area contributed by atoms with Crippen LogP contribution < -0.4 is 10.1 Å². The van der Waals surface area contributed by atoms with Gasteiger partial charge < -0.3 is 10.1 Å². The molecule has 1 N–H and O–H groups in total. The van der Waals surface area contributed by atoms with E-state index >= 15 is 0 Å². The molecule has 0 fully saturated rings. The third kappa shape index (κ3) is 2.43. The Labute approximate surface area is 117 Å². The van der Waals surface area contributed by atoms with Crippen LogP contribution in [0.4, 0.5) is 10.3 Å². The number of anilines is 1. The molecule has 0 amide bonds. The predicted octanol–water partition coefficient (Wildman–Crippen LogP) is 3.17. The summed E-state index contributed by atoms with van der Waals surface area (Å²) in [5, 5.41) is 3.28. The van der Waals surface area contributed by atoms with Crippen molar-refractivity contribution in [2.45, 2.75) is 26.3 Å². The number of ether oxygens (including phenoxy) is 1. The van der Waals surface area contributed by atoms with Crippen molar-refractivity contribution in [3.8, 4) is 5.75 Å². The Morgan fingerprint density at radius 3 is 2.75 bits per heavy atom. The maximum absolute atomic E-state index is 13.7. The van der Waals surface area contributed by atoms with E-state index in [2.05, 4.69) is 15.3 Å². The molecule has 4 nitrogen and oxygen atoms in total. The molecular formula is C15H16FN3O. The van der Waals surface area contributed by atoms with Crippen LogP contribution in [0.2, 0.25) is 0 Å². The third-order valence-corrected chi connectivity index (χ3v) is 3.31. The SMILES string of the molecule is Cc1cc(C)nc(N[C@H]2CCOc3c(F)cccc32)n1. The molecule has 20 heavy (non-hydrogen) atoms. The molecule has 1 aliphatic heterocycles. The molecule has 1 aliphatic rings. The monoisotopic (exact) mass is 273 g/mol. The van der Waals surface area contributed by atoms with Crippen LogP contribution in [0.25, 0.3) is 0 Å². The molecule has 0 bridgehead atoms. The Bertz CT molecular complexity index is 625. The molecule has 0 saturated carbocycles. The summed E-state index contributed by atoms with van der Waals surface area (Å²) in [7, 11) is 0. The summed E-state index contributed by atoms with van der Waals surface area (Å²) in [6.07, 6.45) is 0.757. The number of halogens is 1. The second-order valence-corrected chi connectivity index (χ2v) is 4.97. The number of nitrogens with zero attached hydrogens (tertiary/aromatic N) is 2. The van der Waals surface area contributed by atoms with Gasteiger partial charge in [0.15, 0.2) is 11.6 Å². The minimum atomic E-state index is -0.324. The molecule has 0 unspecified atom stereocenters. The first kappa shape index (κ1) is 12.8. The Balaban J connectivity index is 1.91. The molecule has 2 heterocycles. The van der Waals surface area contributed by atoms with Gasteiger partial charge in [0.2, 0.25) is 5.95 Å². The van der Waals surface area contributed by atoms with Gasteiger partial charge in [-0.2, -0.15) is 0 Å². The van der Waals surface area contributed by atoms with Gasteiger partial charge in [-0.15, -0.1) is 0 Å². The van der Waals surface area contributed by atoms with Gasteiger partial charge in [0.1, 0.15) is 0 Å². The van der Waals surface area contributed by atoms with Crippen LogP contribution in [0.5, 0.6) is 5.75 Å². The van der Waals surface area contributed by atoms with E-state index in [0.29, 0.717) is 18.3 Å². The number of hydrogen-bond donors (Lipinski definition) is 1. The highest BCUT2D eigenvalue weighted by Gasteiger charge is 2.24. The lowest BCUT2D eigenvalue weighted by Crippen LogP contribution is -2.22. The summed E-state index contributed by atoms with van der Waals surface area (Å²) in [6.45, 7) is 4.34. The molecule has 1 aromatic heterocycles. The normalized spacial score (nSPS) is 17.2. The zero-order valence-electron chi connectivity index (χ0n) is 11.5. The first-order valence-electron chi connectivity index (χ1n) is 6.63. The minimum Gasteiger partial charge on any atom is -0.490 e. The van der Waals surface area contributed by atoms with E-state index in [-0.39, 0.29) is 11.9 Å². The summed E-state index contributed by atoms with van der Waals surface area (Å²) < 4.78 is 19.1. The van der Waals surface area contributed by atoms with Crippen LogP contribution in [0.3, 0.4) is 0 Å². The van der Waals surface area contributed by atoms with E-state index in [0.717, 1.165) is 23.4 Å². The molecule has 0 spiro atoms. The van der Waals surface area contributed by atoms with Gasteiger partial charge >= 0.3 is 0 Å². The second-order valence-electron chi connectivity index (χ2n) is 4.97. The molecule has 0 aliphatic carbocycles. The number of hydrogen-bond acceptors (Lipinski definition) is 4. The highest BCUT2D eigenvalue weighted by atomic mass is 19.1. The molecule has 5 heteroatoms. The van der Waals surface area contributed by atoms with Crippen molar-refractivity contribution in [3.63, 3.8) is 0 Å². The number of aryl methyl sites for hydroxylation is 2. The van der Waals surface area contributed by atoms with Crippen molar-refractivity contribution in [1.82, 2.24) is 9.97 Å². The quantitative estimate of drug-likeness (QED) is 0.913. The average molecular weight is 273 g/mol. The number of para-hydroxylation sites is 1.